The van der Waals surface area contributed by atoms with E-state index in [0.717, 1.165) is 10.9 Å². The van der Waals surface area contributed by atoms with E-state index in [1.165, 1.54) is 6.92 Å². The second-order valence-corrected chi connectivity index (χ2v) is 12.4. The molecule has 0 fully saturated rings. The summed E-state index contributed by atoms with van der Waals surface area (Å²) in [7, 11) is 0. The van der Waals surface area contributed by atoms with Crippen LogP contribution in [-0.4, -0.2) is 88.0 Å². The number of aromatic nitrogens is 1. The molecule has 0 saturated heterocycles. The van der Waals surface area contributed by atoms with Crippen molar-refractivity contribution in [3.05, 3.63) is 36.0 Å². The Morgan fingerprint density at radius 2 is 1.51 bits per heavy atom. The van der Waals surface area contributed by atoms with Crippen LogP contribution in [-0.2, 0) is 39.9 Å². The molecule has 9 N–H and O–H groups in total. The topological polar surface area (TPSA) is 251 Å². The molecule has 1 heterocycles. The molecule has 0 radical (unpaired) electrons. The number of carbonyl (C=O) groups excluding carboxylic acids is 6. The molecular formula is C31H45N7O9. The van der Waals surface area contributed by atoms with Crippen LogP contribution < -0.4 is 32.3 Å². The van der Waals surface area contributed by atoms with Crippen molar-refractivity contribution in [2.75, 3.05) is 6.54 Å². The predicted molar refractivity (Wildman–Crippen MR) is 171 cm³/mol. The van der Waals surface area contributed by atoms with E-state index in [2.05, 4.69) is 31.6 Å². The van der Waals surface area contributed by atoms with Gasteiger partial charge in [-0.3, -0.25) is 28.8 Å². The first-order valence-electron chi connectivity index (χ1n) is 15.1. The van der Waals surface area contributed by atoms with Crippen LogP contribution in [0.2, 0.25) is 0 Å². The molecule has 1 aromatic heterocycles. The fraction of sp³-hybridized carbons (Fsp3) is 0.516. The maximum atomic E-state index is 13.6. The maximum Gasteiger partial charge on any atom is 0.408 e. The Bertz CT molecular complexity index is 1460. The van der Waals surface area contributed by atoms with Gasteiger partial charge in [0.25, 0.3) is 0 Å². The van der Waals surface area contributed by atoms with E-state index in [1.807, 2.05) is 24.3 Å². The van der Waals surface area contributed by atoms with Crippen LogP contribution >= 0.6 is 0 Å². The molecule has 0 saturated carbocycles. The number of benzene rings is 1. The summed E-state index contributed by atoms with van der Waals surface area (Å²) in [6.45, 7) is 8.96. The largest absolute Gasteiger partial charge is 0.480 e. The summed E-state index contributed by atoms with van der Waals surface area (Å²) in [6, 6.07) is 2.45. The Morgan fingerprint density at radius 1 is 0.872 bits per heavy atom. The second-order valence-electron chi connectivity index (χ2n) is 12.4. The average Bonchev–Trinajstić information content (AvgIpc) is 3.37. The van der Waals surface area contributed by atoms with Gasteiger partial charge in [0.15, 0.2) is 0 Å². The second kappa shape index (κ2) is 17.0. The zero-order chi connectivity index (χ0) is 35.5. The number of para-hydroxylation sites is 1. The molecule has 16 nitrogen and oxygen atoms in total. The summed E-state index contributed by atoms with van der Waals surface area (Å²) in [4.78, 5) is 90.7. The van der Waals surface area contributed by atoms with Crippen LogP contribution in [0.5, 0.6) is 0 Å². The van der Waals surface area contributed by atoms with Crippen molar-refractivity contribution in [2.24, 2.45) is 11.7 Å². The first kappa shape index (κ1) is 38.0. The lowest BCUT2D eigenvalue weighted by atomic mass is 10.0. The van der Waals surface area contributed by atoms with Crippen LogP contribution in [0.3, 0.4) is 0 Å². The monoisotopic (exact) mass is 659 g/mol. The van der Waals surface area contributed by atoms with E-state index in [0.29, 0.717) is 5.56 Å². The van der Waals surface area contributed by atoms with Gasteiger partial charge in [0.2, 0.25) is 29.5 Å². The Hall–Kier alpha value is -5.15. The maximum absolute atomic E-state index is 13.6. The summed E-state index contributed by atoms with van der Waals surface area (Å²) >= 11 is 0. The molecule has 0 spiro atoms. The van der Waals surface area contributed by atoms with Crippen molar-refractivity contribution in [1.82, 2.24) is 31.6 Å². The van der Waals surface area contributed by atoms with Gasteiger partial charge >= 0.3 is 12.1 Å². The number of rotatable bonds is 16. The van der Waals surface area contributed by atoms with E-state index >= 15 is 0 Å². The number of primary amides is 1. The van der Waals surface area contributed by atoms with Gasteiger partial charge in [0.1, 0.15) is 36.3 Å². The van der Waals surface area contributed by atoms with Crippen LogP contribution in [0, 0.1) is 5.92 Å². The van der Waals surface area contributed by atoms with E-state index in [1.54, 1.807) is 40.8 Å². The number of ether oxygens (including phenoxy) is 1. The van der Waals surface area contributed by atoms with Crippen molar-refractivity contribution in [3.8, 4) is 0 Å². The summed E-state index contributed by atoms with van der Waals surface area (Å²) in [6.07, 6.45) is 0.302. The Labute approximate surface area is 272 Å². The van der Waals surface area contributed by atoms with Gasteiger partial charge in [-0.25, -0.2) is 4.79 Å². The number of H-pyrrole nitrogens is 1. The van der Waals surface area contributed by atoms with Crippen LogP contribution in [0.15, 0.2) is 30.5 Å². The highest BCUT2D eigenvalue weighted by Crippen LogP contribution is 2.19. The van der Waals surface area contributed by atoms with Crippen LogP contribution in [0.1, 0.15) is 59.9 Å². The first-order chi connectivity index (χ1) is 21.9. The Morgan fingerprint density at radius 3 is 2.11 bits per heavy atom. The van der Waals surface area contributed by atoms with Crippen molar-refractivity contribution < 1.29 is 43.4 Å². The molecule has 2 aromatic rings. The number of nitrogens with one attached hydrogen (secondary N) is 6. The predicted octanol–water partition coefficient (Wildman–Crippen LogP) is 0.200. The number of fused-ring (bicyclic) bond motifs is 1. The van der Waals surface area contributed by atoms with E-state index in [9.17, 15) is 33.6 Å². The number of aromatic amines is 1. The van der Waals surface area contributed by atoms with E-state index in [-0.39, 0.29) is 19.3 Å². The minimum atomic E-state index is -1.30. The fourth-order valence-corrected chi connectivity index (χ4v) is 4.47. The smallest absolute Gasteiger partial charge is 0.408 e. The molecule has 0 aliphatic heterocycles. The Balaban J connectivity index is 2.30. The molecule has 0 aliphatic carbocycles. The molecule has 2 rings (SSSR count). The molecule has 16 heteroatoms. The fourth-order valence-electron chi connectivity index (χ4n) is 4.47. The van der Waals surface area contributed by atoms with E-state index < -0.39 is 83.8 Å². The number of nitrogens with two attached hydrogens (primary N) is 1. The minimum Gasteiger partial charge on any atom is -0.480 e. The third-order valence-corrected chi connectivity index (χ3v) is 6.83. The van der Waals surface area contributed by atoms with Crippen LogP contribution in [0.25, 0.3) is 10.9 Å². The minimum absolute atomic E-state index is 0.0306. The summed E-state index contributed by atoms with van der Waals surface area (Å²) in [5.74, 6) is -5.38. The molecule has 0 bridgehead atoms. The van der Waals surface area contributed by atoms with Crippen molar-refractivity contribution in [2.45, 2.75) is 90.6 Å². The number of amides is 6. The summed E-state index contributed by atoms with van der Waals surface area (Å²) in [5.41, 5.74) is 5.85. The van der Waals surface area contributed by atoms with Gasteiger partial charge in [-0.2, -0.15) is 0 Å². The van der Waals surface area contributed by atoms with Crippen molar-refractivity contribution in [3.63, 3.8) is 0 Å². The third-order valence-electron chi connectivity index (χ3n) is 6.83. The summed E-state index contributed by atoms with van der Waals surface area (Å²) in [5, 5.41) is 22.0. The zero-order valence-corrected chi connectivity index (χ0v) is 27.4. The van der Waals surface area contributed by atoms with E-state index in [4.69, 9.17) is 15.6 Å². The van der Waals surface area contributed by atoms with Gasteiger partial charge in [0, 0.05) is 29.9 Å². The molecule has 0 aliphatic rings. The van der Waals surface area contributed by atoms with Crippen molar-refractivity contribution in [1.29, 1.82) is 0 Å². The standard InChI is InChI=1S/C31H45N7O9/c1-16(2)25(29(45)34-15-24(40)41)38-26(42)17(3)35-28(44)22(13-18-14-33-20-10-8-7-9-19(18)20)36-27(43)21(11-12-23(32)39)37-30(46)47-31(4,5)6/h7-10,14,16-17,21-22,25,33H,11-13,15H2,1-6H3,(H2,32,39)(H,34,45)(H,35,44)(H,36,43)(H,37,46)(H,38,42)(H,40,41)/t17-,21-,22-,25-/m0/s1. The summed E-state index contributed by atoms with van der Waals surface area (Å²) < 4.78 is 5.25. The lowest BCUT2D eigenvalue weighted by Crippen LogP contribution is -2.59. The lowest BCUT2D eigenvalue weighted by Gasteiger charge is -2.26. The normalized spacial score (nSPS) is 13.9. The number of hydrogen-bond donors (Lipinski definition) is 8. The number of aliphatic carboxylic acids is 1. The van der Waals surface area contributed by atoms with Gasteiger partial charge < -0.3 is 47.1 Å². The molecule has 1 aromatic carbocycles. The molecule has 258 valence electrons. The SMILES string of the molecule is CC(C)[C@H](NC(=O)[C@H](C)NC(=O)[C@H](Cc1c[nH]c2ccccc12)NC(=O)[C@H](CCC(N)=O)NC(=O)OC(C)(C)C)C(=O)NCC(=O)O. The molecule has 6 amide bonds. The quantitative estimate of drug-likeness (QED) is 0.122. The van der Waals surface area contributed by atoms with Crippen molar-refractivity contribution >= 4 is 52.5 Å². The van der Waals surface area contributed by atoms with Gasteiger partial charge in [-0.05, 0) is 51.7 Å². The molecular weight excluding hydrogens is 614 g/mol. The highest BCUT2D eigenvalue weighted by molar-refractivity contribution is 5.96. The third kappa shape index (κ3) is 12.6. The highest BCUT2D eigenvalue weighted by atomic mass is 16.6. The number of hydrogen-bond acceptors (Lipinski definition) is 8. The van der Waals surface area contributed by atoms with Crippen LogP contribution in [0.4, 0.5) is 4.79 Å². The number of carboxylic acids is 1. The van der Waals surface area contributed by atoms with Gasteiger partial charge in [-0.1, -0.05) is 32.0 Å². The number of carbonyl (C=O) groups is 7. The highest BCUT2D eigenvalue weighted by Gasteiger charge is 2.32. The number of carboxylic acid groups (broad SMARTS) is 1. The zero-order valence-electron chi connectivity index (χ0n) is 27.4. The average molecular weight is 660 g/mol. The van der Waals surface area contributed by atoms with Gasteiger partial charge in [0.05, 0.1) is 0 Å². The van der Waals surface area contributed by atoms with Gasteiger partial charge in [-0.15, -0.1) is 0 Å². The molecule has 0 unspecified atom stereocenters. The lowest BCUT2D eigenvalue weighted by molar-refractivity contribution is -0.139. The Kier molecular flexibility index (Phi) is 13.7. The number of alkyl carbamates (subject to hydrolysis) is 1. The molecule has 47 heavy (non-hydrogen) atoms. The molecule has 4 atom stereocenters. The first-order valence-corrected chi connectivity index (χ1v) is 15.1.